The summed E-state index contributed by atoms with van der Waals surface area (Å²) in [6.45, 7) is 4.27. The Balaban J connectivity index is 1.13. The van der Waals surface area contributed by atoms with Crippen molar-refractivity contribution < 1.29 is 0 Å². The Morgan fingerprint density at radius 1 is 0.183 bits per heavy atom. The van der Waals surface area contributed by atoms with Gasteiger partial charge in [0.1, 0.15) is 0 Å². The van der Waals surface area contributed by atoms with Gasteiger partial charge in [0.15, 0.2) is 0 Å². The monoisotopic (exact) mass is 774 g/mol. The molecule has 9 aromatic rings. The summed E-state index contributed by atoms with van der Waals surface area (Å²) in [5.41, 5.74) is 15.4. The maximum absolute atomic E-state index is 2.34. The van der Waals surface area contributed by atoms with Crippen LogP contribution in [0.4, 0.5) is 68.2 Å². The number of anilines is 12. The van der Waals surface area contributed by atoms with Crippen molar-refractivity contribution in [3.8, 4) is 0 Å². The van der Waals surface area contributed by atoms with Gasteiger partial charge >= 0.3 is 0 Å². The highest BCUT2D eigenvalue weighted by atomic mass is 15.2. The highest BCUT2D eigenvalue weighted by molar-refractivity contribution is 5.86. The Hall–Kier alpha value is -7.82. The summed E-state index contributed by atoms with van der Waals surface area (Å²) in [6, 6.07) is 86.4. The highest BCUT2D eigenvalue weighted by Crippen LogP contribution is 2.43. The summed E-state index contributed by atoms with van der Waals surface area (Å²) >= 11 is 0. The Labute approximate surface area is 354 Å². The minimum atomic E-state index is 1.06. The second-order valence-electron chi connectivity index (χ2n) is 14.9. The average molecular weight is 775 g/mol. The molecule has 60 heavy (non-hydrogen) atoms. The van der Waals surface area contributed by atoms with Gasteiger partial charge in [0, 0.05) is 68.2 Å². The lowest BCUT2D eigenvalue weighted by Crippen LogP contribution is -2.14. The third kappa shape index (κ3) is 8.13. The average Bonchev–Trinajstić information content (AvgIpc) is 3.30. The first kappa shape index (κ1) is 37.7. The van der Waals surface area contributed by atoms with Gasteiger partial charge in [-0.3, -0.25) is 0 Å². The minimum Gasteiger partial charge on any atom is -0.310 e. The van der Waals surface area contributed by atoms with Crippen LogP contribution in [-0.4, -0.2) is 0 Å². The van der Waals surface area contributed by atoms with Crippen LogP contribution in [0.1, 0.15) is 11.1 Å². The molecular formula is C56H46N4. The minimum absolute atomic E-state index is 1.06. The van der Waals surface area contributed by atoms with E-state index in [0.717, 1.165) is 68.2 Å². The molecule has 4 heteroatoms. The lowest BCUT2D eigenvalue weighted by molar-refractivity contribution is 1.23. The molecule has 0 saturated carbocycles. The number of benzene rings is 9. The number of para-hydroxylation sites is 4. The summed E-state index contributed by atoms with van der Waals surface area (Å²) in [7, 11) is 0. The van der Waals surface area contributed by atoms with Gasteiger partial charge in [-0.2, -0.15) is 0 Å². The molecule has 0 amide bonds. The van der Waals surface area contributed by atoms with Gasteiger partial charge < -0.3 is 19.6 Å². The topological polar surface area (TPSA) is 13.0 Å². The van der Waals surface area contributed by atoms with Crippen LogP contribution in [0.2, 0.25) is 0 Å². The van der Waals surface area contributed by atoms with E-state index in [1.165, 1.54) is 11.1 Å². The third-order valence-electron chi connectivity index (χ3n) is 10.7. The first-order valence-electron chi connectivity index (χ1n) is 20.4. The van der Waals surface area contributed by atoms with Gasteiger partial charge in [-0.1, -0.05) is 120 Å². The molecule has 0 bridgehead atoms. The van der Waals surface area contributed by atoms with Crippen LogP contribution >= 0.6 is 0 Å². The van der Waals surface area contributed by atoms with E-state index in [4.69, 9.17) is 0 Å². The predicted molar refractivity (Wildman–Crippen MR) is 255 cm³/mol. The van der Waals surface area contributed by atoms with Crippen molar-refractivity contribution in [1.82, 2.24) is 0 Å². The molecule has 9 rings (SSSR count). The second kappa shape index (κ2) is 17.4. The smallest absolute Gasteiger partial charge is 0.0482 e. The van der Waals surface area contributed by atoms with E-state index >= 15 is 0 Å². The van der Waals surface area contributed by atoms with Gasteiger partial charge in [0.05, 0.1) is 0 Å². The molecule has 0 aliphatic heterocycles. The number of nitrogens with zero attached hydrogens (tertiary/aromatic N) is 4. The van der Waals surface area contributed by atoms with Crippen LogP contribution in [-0.2, 0) is 0 Å². The highest BCUT2D eigenvalue weighted by Gasteiger charge is 2.20. The zero-order valence-electron chi connectivity index (χ0n) is 33.9. The number of hydrogen-bond donors (Lipinski definition) is 0. The Morgan fingerprint density at radius 3 is 0.600 bits per heavy atom. The van der Waals surface area contributed by atoms with Crippen LogP contribution in [0.15, 0.2) is 243 Å². The molecule has 290 valence electrons. The molecule has 9 aromatic carbocycles. The standard InChI is InChI=1S/C56H46N4/c1-43-29-33-49(34-30-43)59(55-27-15-25-53(41-55)57(45-17-7-3-8-18-45)46-19-9-4-10-20-46)51-37-39-52(40-38-51)60(50-35-31-44(2)32-36-50)56-28-16-26-54(42-56)58(47-21-11-5-12-22-47)48-23-13-6-14-24-48/h3-42H,1-2H3. The molecule has 4 nitrogen and oxygen atoms in total. The quantitative estimate of drug-likeness (QED) is 0.123. The normalized spacial score (nSPS) is 10.8. The fourth-order valence-electron chi connectivity index (χ4n) is 7.78. The van der Waals surface area contributed by atoms with Crippen LogP contribution < -0.4 is 19.6 Å². The van der Waals surface area contributed by atoms with Crippen LogP contribution in [0.5, 0.6) is 0 Å². The van der Waals surface area contributed by atoms with Crippen molar-refractivity contribution >= 4 is 68.2 Å². The predicted octanol–water partition coefficient (Wildman–Crippen LogP) is 16.2. The van der Waals surface area contributed by atoms with Crippen LogP contribution in [0, 0.1) is 13.8 Å². The van der Waals surface area contributed by atoms with Crippen LogP contribution in [0.25, 0.3) is 0 Å². The maximum Gasteiger partial charge on any atom is 0.0482 e. The van der Waals surface area contributed by atoms with Crippen molar-refractivity contribution in [2.75, 3.05) is 19.6 Å². The Kier molecular flexibility index (Phi) is 10.9. The molecule has 0 aliphatic carbocycles. The SMILES string of the molecule is Cc1ccc(N(c2ccc(N(c3ccc(C)cc3)c3cccc(N(c4ccccc4)c4ccccc4)c3)cc2)c2cccc(N(c3ccccc3)c3ccccc3)c2)cc1. The molecule has 0 fully saturated rings. The van der Waals surface area contributed by atoms with E-state index < -0.39 is 0 Å². The van der Waals surface area contributed by atoms with E-state index in [2.05, 4.69) is 276 Å². The van der Waals surface area contributed by atoms with Crippen molar-refractivity contribution in [1.29, 1.82) is 0 Å². The van der Waals surface area contributed by atoms with E-state index in [-0.39, 0.29) is 0 Å². The van der Waals surface area contributed by atoms with E-state index in [9.17, 15) is 0 Å². The van der Waals surface area contributed by atoms with E-state index in [1.807, 2.05) is 0 Å². The summed E-state index contributed by atoms with van der Waals surface area (Å²) < 4.78 is 0. The molecule has 0 atom stereocenters. The zero-order chi connectivity index (χ0) is 40.7. The zero-order valence-corrected chi connectivity index (χ0v) is 33.9. The van der Waals surface area contributed by atoms with Crippen LogP contribution in [0.3, 0.4) is 0 Å². The Morgan fingerprint density at radius 2 is 0.367 bits per heavy atom. The first-order chi connectivity index (χ1) is 29.6. The molecule has 0 N–H and O–H groups in total. The van der Waals surface area contributed by atoms with Crippen molar-refractivity contribution in [3.63, 3.8) is 0 Å². The van der Waals surface area contributed by atoms with Crippen molar-refractivity contribution in [3.05, 3.63) is 254 Å². The van der Waals surface area contributed by atoms with E-state index in [0.29, 0.717) is 0 Å². The first-order valence-corrected chi connectivity index (χ1v) is 20.4. The summed E-state index contributed by atoms with van der Waals surface area (Å²) in [5, 5.41) is 0. The molecule has 0 radical (unpaired) electrons. The number of aryl methyl sites for hydroxylation is 2. The van der Waals surface area contributed by atoms with Gasteiger partial charge in [0.2, 0.25) is 0 Å². The van der Waals surface area contributed by atoms with E-state index in [1.54, 1.807) is 0 Å². The summed E-state index contributed by atoms with van der Waals surface area (Å²) in [6.07, 6.45) is 0. The molecule has 0 unspecified atom stereocenters. The Bertz CT molecular complexity index is 2480. The molecule has 0 spiro atoms. The fourth-order valence-corrected chi connectivity index (χ4v) is 7.78. The fraction of sp³-hybridized carbons (Fsp3) is 0.0357. The molecular weight excluding hydrogens is 729 g/mol. The lowest BCUT2D eigenvalue weighted by Gasteiger charge is -2.31. The lowest BCUT2D eigenvalue weighted by atomic mass is 10.1. The van der Waals surface area contributed by atoms with Crippen molar-refractivity contribution in [2.24, 2.45) is 0 Å². The van der Waals surface area contributed by atoms with Gasteiger partial charge in [0.25, 0.3) is 0 Å². The number of hydrogen-bond acceptors (Lipinski definition) is 4. The summed E-state index contributed by atoms with van der Waals surface area (Å²) in [5.74, 6) is 0. The molecule has 0 heterocycles. The largest absolute Gasteiger partial charge is 0.310 e. The molecule has 0 aliphatic rings. The second-order valence-corrected chi connectivity index (χ2v) is 14.9. The summed E-state index contributed by atoms with van der Waals surface area (Å²) in [4.78, 5) is 9.30. The third-order valence-corrected chi connectivity index (χ3v) is 10.7. The van der Waals surface area contributed by atoms with Gasteiger partial charge in [-0.15, -0.1) is 0 Å². The van der Waals surface area contributed by atoms with Crippen molar-refractivity contribution in [2.45, 2.75) is 13.8 Å². The maximum atomic E-state index is 2.34. The number of rotatable bonds is 12. The molecule has 0 aromatic heterocycles. The molecule has 0 saturated heterocycles. The van der Waals surface area contributed by atoms with Gasteiger partial charge in [-0.05, 0) is 147 Å². The van der Waals surface area contributed by atoms with Gasteiger partial charge in [-0.25, -0.2) is 0 Å².